The summed E-state index contributed by atoms with van der Waals surface area (Å²) >= 11 is 1.76. The number of nitrogens with zero attached hydrogens (tertiary/aromatic N) is 4. The number of ether oxygens (including phenoxy) is 1. The van der Waals surface area contributed by atoms with Crippen molar-refractivity contribution in [1.82, 2.24) is 14.9 Å². The zero-order chi connectivity index (χ0) is 15.6. The summed E-state index contributed by atoms with van der Waals surface area (Å²) < 4.78 is 6.00. The minimum Gasteiger partial charge on any atom is -0.487 e. The molecule has 2 aliphatic rings. The van der Waals surface area contributed by atoms with E-state index in [-0.39, 0.29) is 6.10 Å². The van der Waals surface area contributed by atoms with Gasteiger partial charge in [0.1, 0.15) is 11.9 Å². The highest BCUT2D eigenvalue weighted by molar-refractivity contribution is 7.13. The van der Waals surface area contributed by atoms with Gasteiger partial charge in [-0.15, -0.1) is 11.3 Å². The number of hydrogen-bond donors (Lipinski definition) is 0. The van der Waals surface area contributed by atoms with Crippen LogP contribution in [0.5, 0.6) is 5.75 Å². The van der Waals surface area contributed by atoms with Gasteiger partial charge in [-0.3, -0.25) is 9.88 Å². The predicted molar refractivity (Wildman–Crippen MR) is 92.1 cm³/mol. The van der Waals surface area contributed by atoms with E-state index in [9.17, 15) is 0 Å². The Kier molecular flexibility index (Phi) is 4.18. The van der Waals surface area contributed by atoms with Crippen molar-refractivity contribution in [3.05, 3.63) is 35.6 Å². The van der Waals surface area contributed by atoms with Crippen LogP contribution in [-0.2, 0) is 6.54 Å². The van der Waals surface area contributed by atoms with Gasteiger partial charge in [0.15, 0.2) is 5.13 Å². The van der Waals surface area contributed by atoms with Crippen LogP contribution in [0.1, 0.15) is 25.0 Å². The van der Waals surface area contributed by atoms with Crippen molar-refractivity contribution in [3.63, 3.8) is 0 Å². The Balaban J connectivity index is 1.30. The maximum absolute atomic E-state index is 6.00. The summed E-state index contributed by atoms with van der Waals surface area (Å²) in [5.41, 5.74) is 1.18. The lowest BCUT2D eigenvalue weighted by atomic mass is 10.3. The lowest BCUT2D eigenvalue weighted by molar-refractivity contribution is 0.197. The lowest BCUT2D eigenvalue weighted by Gasteiger charge is -2.16. The van der Waals surface area contributed by atoms with Gasteiger partial charge < -0.3 is 9.64 Å². The van der Waals surface area contributed by atoms with Gasteiger partial charge in [-0.25, -0.2) is 4.98 Å². The van der Waals surface area contributed by atoms with E-state index in [2.05, 4.69) is 27.2 Å². The topological polar surface area (TPSA) is 41.5 Å². The average molecular weight is 330 g/mol. The van der Waals surface area contributed by atoms with Crippen molar-refractivity contribution in [1.29, 1.82) is 0 Å². The number of anilines is 1. The van der Waals surface area contributed by atoms with Crippen LogP contribution >= 0.6 is 11.3 Å². The second kappa shape index (κ2) is 6.45. The fourth-order valence-electron chi connectivity index (χ4n) is 3.02. The first-order valence-electron chi connectivity index (χ1n) is 8.24. The molecule has 2 aromatic heterocycles. The number of thiazole rings is 1. The number of likely N-dealkylation sites (tertiary alicyclic amines) is 1. The van der Waals surface area contributed by atoms with Crippen LogP contribution in [-0.4, -0.2) is 47.2 Å². The lowest BCUT2D eigenvalue weighted by Crippen LogP contribution is -2.25. The summed E-state index contributed by atoms with van der Waals surface area (Å²) in [5, 5.41) is 3.36. The van der Waals surface area contributed by atoms with Crippen LogP contribution in [0.25, 0.3) is 0 Å². The molecule has 0 bridgehead atoms. The van der Waals surface area contributed by atoms with Crippen LogP contribution < -0.4 is 9.64 Å². The van der Waals surface area contributed by atoms with E-state index < -0.39 is 0 Å². The molecule has 0 radical (unpaired) electrons. The number of pyridine rings is 1. The summed E-state index contributed by atoms with van der Waals surface area (Å²) in [6.07, 6.45) is 7.49. The Labute approximate surface area is 140 Å². The molecule has 0 N–H and O–H groups in total. The van der Waals surface area contributed by atoms with E-state index in [1.54, 1.807) is 23.7 Å². The van der Waals surface area contributed by atoms with Crippen LogP contribution in [0.4, 0.5) is 5.13 Å². The van der Waals surface area contributed by atoms with Crippen molar-refractivity contribution >= 4 is 16.5 Å². The monoisotopic (exact) mass is 330 g/mol. The molecule has 5 nitrogen and oxygen atoms in total. The highest BCUT2D eigenvalue weighted by Gasteiger charge is 2.29. The fraction of sp³-hybridized carbons (Fsp3) is 0.529. The third kappa shape index (κ3) is 3.64. The smallest absolute Gasteiger partial charge is 0.185 e. The Morgan fingerprint density at radius 1 is 1.39 bits per heavy atom. The summed E-state index contributed by atoms with van der Waals surface area (Å²) in [6.45, 7) is 2.94. The molecule has 1 aliphatic carbocycles. The Morgan fingerprint density at radius 2 is 2.30 bits per heavy atom. The third-order valence-corrected chi connectivity index (χ3v) is 5.47. The fourth-order valence-corrected chi connectivity index (χ4v) is 3.88. The number of rotatable bonds is 6. The summed E-state index contributed by atoms with van der Waals surface area (Å²) in [4.78, 5) is 13.6. The summed E-state index contributed by atoms with van der Waals surface area (Å²) in [5.74, 6) is 0.862. The highest BCUT2D eigenvalue weighted by Crippen LogP contribution is 2.32. The third-order valence-electron chi connectivity index (χ3n) is 4.49. The van der Waals surface area contributed by atoms with Crippen molar-refractivity contribution < 1.29 is 4.74 Å². The molecule has 2 aromatic rings. The Bertz CT molecular complexity index is 643. The maximum atomic E-state index is 6.00. The second-order valence-electron chi connectivity index (χ2n) is 6.42. The molecule has 6 heteroatoms. The molecular weight excluding hydrogens is 308 g/mol. The number of aromatic nitrogens is 2. The summed E-state index contributed by atoms with van der Waals surface area (Å²) in [7, 11) is 2.16. The minimum absolute atomic E-state index is 0.256. The van der Waals surface area contributed by atoms with Gasteiger partial charge in [-0.05, 0) is 31.4 Å². The van der Waals surface area contributed by atoms with E-state index in [1.165, 1.54) is 18.5 Å². The van der Waals surface area contributed by atoms with Gasteiger partial charge in [0.05, 0.1) is 11.9 Å². The van der Waals surface area contributed by atoms with Gasteiger partial charge in [-0.1, -0.05) is 0 Å². The minimum atomic E-state index is 0.256. The predicted octanol–water partition coefficient (Wildman–Crippen LogP) is 2.79. The molecule has 1 saturated carbocycles. The van der Waals surface area contributed by atoms with E-state index in [0.717, 1.165) is 43.0 Å². The highest BCUT2D eigenvalue weighted by atomic mass is 32.1. The molecule has 0 unspecified atom stereocenters. The standard InChI is InChI=1S/C17H22N4OS/c1-20(14-4-5-14)17-19-13(12-23-17)10-21-8-6-16(11-21)22-15-3-2-7-18-9-15/h2-3,7,9,12,14,16H,4-6,8,10-11H2,1H3/t16-/m0/s1. The molecule has 1 aliphatic heterocycles. The molecule has 0 spiro atoms. The SMILES string of the molecule is CN(c1nc(CN2CC[C@H](Oc3cccnc3)C2)cs1)C1CC1. The zero-order valence-electron chi connectivity index (χ0n) is 13.4. The first kappa shape index (κ1) is 14.9. The Hall–Kier alpha value is -1.66. The van der Waals surface area contributed by atoms with Gasteiger partial charge in [-0.2, -0.15) is 0 Å². The largest absolute Gasteiger partial charge is 0.487 e. The molecule has 1 saturated heterocycles. The molecule has 0 aromatic carbocycles. The van der Waals surface area contributed by atoms with Gasteiger partial charge >= 0.3 is 0 Å². The Morgan fingerprint density at radius 3 is 3.09 bits per heavy atom. The van der Waals surface area contributed by atoms with E-state index in [4.69, 9.17) is 9.72 Å². The normalized spacial score (nSPS) is 21.5. The first-order valence-corrected chi connectivity index (χ1v) is 9.12. The van der Waals surface area contributed by atoms with Gasteiger partial charge in [0.25, 0.3) is 0 Å². The van der Waals surface area contributed by atoms with Crippen LogP contribution in [0.3, 0.4) is 0 Å². The van der Waals surface area contributed by atoms with Crippen LogP contribution in [0.2, 0.25) is 0 Å². The van der Waals surface area contributed by atoms with Crippen LogP contribution in [0.15, 0.2) is 29.9 Å². The molecule has 1 atom stereocenters. The maximum Gasteiger partial charge on any atom is 0.185 e. The summed E-state index contributed by atoms with van der Waals surface area (Å²) in [6, 6.07) is 4.60. The second-order valence-corrected chi connectivity index (χ2v) is 7.25. The van der Waals surface area contributed by atoms with Crippen LogP contribution in [0, 0.1) is 0 Å². The van der Waals surface area contributed by atoms with Crippen molar-refractivity contribution in [2.45, 2.75) is 38.0 Å². The average Bonchev–Trinajstić information content (AvgIpc) is 3.17. The van der Waals surface area contributed by atoms with E-state index in [0.29, 0.717) is 0 Å². The van der Waals surface area contributed by atoms with Crippen molar-refractivity contribution in [2.24, 2.45) is 0 Å². The number of hydrogen-bond acceptors (Lipinski definition) is 6. The molecule has 23 heavy (non-hydrogen) atoms. The zero-order valence-corrected chi connectivity index (χ0v) is 14.2. The molecular formula is C17H22N4OS. The molecule has 4 rings (SSSR count). The van der Waals surface area contributed by atoms with Crippen molar-refractivity contribution in [3.8, 4) is 5.75 Å². The molecule has 122 valence electrons. The van der Waals surface area contributed by atoms with Gasteiger partial charge in [0.2, 0.25) is 0 Å². The van der Waals surface area contributed by atoms with Crippen molar-refractivity contribution in [2.75, 3.05) is 25.0 Å². The van der Waals surface area contributed by atoms with Gasteiger partial charge in [0, 0.05) is 44.3 Å². The first-order chi connectivity index (χ1) is 11.3. The molecule has 2 fully saturated rings. The molecule has 3 heterocycles. The molecule has 0 amide bonds. The quantitative estimate of drug-likeness (QED) is 0.815. The van der Waals surface area contributed by atoms with E-state index in [1.807, 2.05) is 12.1 Å². The van der Waals surface area contributed by atoms with E-state index >= 15 is 0 Å².